The van der Waals surface area contributed by atoms with Gasteiger partial charge >= 0.3 is 0 Å². The van der Waals surface area contributed by atoms with Crippen LogP contribution in [0.3, 0.4) is 0 Å². The smallest absolute Gasteiger partial charge is 0.237 e. The molecule has 148 valence electrons. The standard InChI is InChI=1S/C21H28N2O3.ClH/c1-4-25-19-12-11-17(14-20(19)26-5-2)15(3)23-21(24)18(22)13-16-9-7-6-8-10-16;/h6-12,14-15,18H,4-5,13,22H2,1-3H3,(H,23,24);1H. The van der Waals surface area contributed by atoms with Crippen molar-refractivity contribution >= 4 is 18.3 Å². The highest BCUT2D eigenvalue weighted by Gasteiger charge is 2.18. The van der Waals surface area contributed by atoms with Crippen LogP contribution in [-0.4, -0.2) is 25.2 Å². The summed E-state index contributed by atoms with van der Waals surface area (Å²) < 4.78 is 11.2. The molecular formula is C21H29ClN2O3. The van der Waals surface area contributed by atoms with Crippen molar-refractivity contribution in [3.63, 3.8) is 0 Å². The van der Waals surface area contributed by atoms with Gasteiger partial charge in [0.15, 0.2) is 11.5 Å². The Morgan fingerprint density at radius 1 is 1.04 bits per heavy atom. The lowest BCUT2D eigenvalue weighted by atomic mass is 10.0. The second kappa shape index (κ2) is 11.5. The molecule has 0 saturated carbocycles. The van der Waals surface area contributed by atoms with Crippen LogP contribution in [0.15, 0.2) is 48.5 Å². The minimum absolute atomic E-state index is 0. The summed E-state index contributed by atoms with van der Waals surface area (Å²) in [5.74, 6) is 1.21. The fourth-order valence-corrected chi connectivity index (χ4v) is 2.70. The quantitative estimate of drug-likeness (QED) is 0.683. The van der Waals surface area contributed by atoms with Gasteiger partial charge in [0.05, 0.1) is 25.3 Å². The van der Waals surface area contributed by atoms with Gasteiger partial charge in [0.2, 0.25) is 5.91 Å². The van der Waals surface area contributed by atoms with Crippen LogP contribution < -0.4 is 20.5 Å². The molecule has 1 amide bonds. The van der Waals surface area contributed by atoms with Crippen molar-refractivity contribution in [1.82, 2.24) is 5.32 Å². The second-order valence-electron chi connectivity index (χ2n) is 6.10. The fourth-order valence-electron chi connectivity index (χ4n) is 2.70. The average molecular weight is 393 g/mol. The third-order valence-electron chi connectivity index (χ3n) is 4.06. The van der Waals surface area contributed by atoms with Crippen molar-refractivity contribution in [2.24, 2.45) is 5.73 Å². The normalized spacial score (nSPS) is 12.4. The molecule has 0 fully saturated rings. The van der Waals surface area contributed by atoms with E-state index in [0.29, 0.717) is 31.1 Å². The Morgan fingerprint density at radius 3 is 2.30 bits per heavy atom. The third kappa shape index (κ3) is 6.77. The zero-order valence-electron chi connectivity index (χ0n) is 16.1. The first-order valence-electron chi connectivity index (χ1n) is 9.04. The number of rotatable bonds is 9. The van der Waals surface area contributed by atoms with Gasteiger partial charge in [0.25, 0.3) is 0 Å². The monoisotopic (exact) mass is 392 g/mol. The summed E-state index contributed by atoms with van der Waals surface area (Å²) in [4.78, 5) is 12.4. The molecule has 2 atom stereocenters. The van der Waals surface area contributed by atoms with Crippen molar-refractivity contribution in [2.45, 2.75) is 39.3 Å². The maximum atomic E-state index is 12.4. The number of nitrogens with two attached hydrogens (primary N) is 1. The first-order valence-corrected chi connectivity index (χ1v) is 9.04. The Morgan fingerprint density at radius 2 is 1.67 bits per heavy atom. The SMILES string of the molecule is CCOc1ccc(C(C)NC(=O)C(N)Cc2ccccc2)cc1OCC.Cl. The van der Waals surface area contributed by atoms with Crippen molar-refractivity contribution in [3.05, 3.63) is 59.7 Å². The minimum Gasteiger partial charge on any atom is -0.490 e. The molecule has 27 heavy (non-hydrogen) atoms. The highest BCUT2D eigenvalue weighted by Crippen LogP contribution is 2.30. The number of hydrogen-bond acceptors (Lipinski definition) is 4. The predicted octanol–water partition coefficient (Wildman–Crippen LogP) is 3.65. The number of carbonyl (C=O) groups excluding carboxylic acids is 1. The predicted molar refractivity (Wildman–Crippen MR) is 111 cm³/mol. The molecule has 3 N–H and O–H groups in total. The molecular weight excluding hydrogens is 364 g/mol. The first kappa shape index (κ1) is 22.8. The van der Waals surface area contributed by atoms with Gasteiger partial charge in [-0.1, -0.05) is 36.4 Å². The van der Waals surface area contributed by atoms with Gasteiger partial charge in [-0.25, -0.2) is 0 Å². The highest BCUT2D eigenvalue weighted by molar-refractivity contribution is 5.85. The second-order valence-corrected chi connectivity index (χ2v) is 6.10. The van der Waals surface area contributed by atoms with Crippen LogP contribution in [-0.2, 0) is 11.2 Å². The molecule has 2 unspecified atom stereocenters. The van der Waals surface area contributed by atoms with E-state index in [9.17, 15) is 4.79 Å². The molecule has 0 aliphatic heterocycles. The van der Waals surface area contributed by atoms with Gasteiger partial charge in [-0.15, -0.1) is 12.4 Å². The van der Waals surface area contributed by atoms with Crippen molar-refractivity contribution in [1.29, 1.82) is 0 Å². The van der Waals surface area contributed by atoms with Crippen LogP contribution >= 0.6 is 12.4 Å². The summed E-state index contributed by atoms with van der Waals surface area (Å²) in [6, 6.07) is 14.7. The number of benzene rings is 2. The van der Waals surface area contributed by atoms with Crippen LogP contribution in [0.1, 0.15) is 37.9 Å². The van der Waals surface area contributed by atoms with E-state index in [1.807, 2.05) is 69.3 Å². The molecule has 0 saturated heterocycles. The summed E-state index contributed by atoms with van der Waals surface area (Å²) in [6.45, 7) is 6.90. The van der Waals surface area contributed by atoms with Gasteiger partial charge < -0.3 is 20.5 Å². The zero-order chi connectivity index (χ0) is 18.9. The van der Waals surface area contributed by atoms with E-state index in [-0.39, 0.29) is 24.4 Å². The van der Waals surface area contributed by atoms with Crippen LogP contribution in [0.5, 0.6) is 11.5 Å². The molecule has 2 rings (SSSR count). The molecule has 0 radical (unpaired) electrons. The molecule has 6 heteroatoms. The van der Waals surface area contributed by atoms with E-state index >= 15 is 0 Å². The molecule has 0 spiro atoms. The molecule has 0 aromatic heterocycles. The average Bonchev–Trinajstić information content (AvgIpc) is 2.64. The van der Waals surface area contributed by atoms with Crippen LogP contribution in [0.25, 0.3) is 0 Å². The van der Waals surface area contributed by atoms with Crippen molar-refractivity contribution in [3.8, 4) is 11.5 Å². The number of hydrogen-bond donors (Lipinski definition) is 2. The lowest BCUT2D eigenvalue weighted by Crippen LogP contribution is -2.42. The highest BCUT2D eigenvalue weighted by atomic mass is 35.5. The van der Waals surface area contributed by atoms with Crippen molar-refractivity contribution < 1.29 is 14.3 Å². The molecule has 2 aromatic carbocycles. The summed E-state index contributed by atoms with van der Waals surface area (Å²) in [6.07, 6.45) is 0.507. The summed E-state index contributed by atoms with van der Waals surface area (Å²) >= 11 is 0. The minimum atomic E-state index is -0.589. The largest absolute Gasteiger partial charge is 0.490 e. The third-order valence-corrected chi connectivity index (χ3v) is 4.06. The summed E-state index contributed by atoms with van der Waals surface area (Å²) in [5.41, 5.74) is 8.05. The van der Waals surface area contributed by atoms with Crippen LogP contribution in [0.4, 0.5) is 0 Å². The Hall–Kier alpha value is -2.24. The van der Waals surface area contributed by atoms with E-state index in [1.165, 1.54) is 0 Å². The lowest BCUT2D eigenvalue weighted by molar-refractivity contribution is -0.123. The van der Waals surface area contributed by atoms with E-state index in [1.54, 1.807) is 0 Å². The van der Waals surface area contributed by atoms with Gasteiger partial charge in [0.1, 0.15) is 0 Å². The van der Waals surface area contributed by atoms with Crippen LogP contribution in [0, 0.1) is 0 Å². The van der Waals surface area contributed by atoms with Gasteiger partial charge in [0, 0.05) is 0 Å². The molecule has 0 aliphatic carbocycles. The Balaban J connectivity index is 0.00000364. The lowest BCUT2D eigenvalue weighted by Gasteiger charge is -2.19. The number of amides is 1. The fraction of sp³-hybridized carbons (Fsp3) is 0.381. The maximum Gasteiger partial charge on any atom is 0.237 e. The Bertz CT molecular complexity index is 710. The summed E-state index contributed by atoms with van der Waals surface area (Å²) in [5, 5.41) is 2.98. The first-order chi connectivity index (χ1) is 12.5. The van der Waals surface area contributed by atoms with E-state index in [2.05, 4.69) is 5.32 Å². The summed E-state index contributed by atoms with van der Waals surface area (Å²) in [7, 11) is 0. The molecule has 2 aromatic rings. The van der Waals surface area contributed by atoms with E-state index < -0.39 is 6.04 Å². The number of nitrogens with one attached hydrogen (secondary N) is 1. The number of halogens is 1. The topological polar surface area (TPSA) is 73.6 Å². The van der Waals surface area contributed by atoms with E-state index in [0.717, 1.165) is 11.1 Å². The number of ether oxygens (including phenoxy) is 2. The maximum absolute atomic E-state index is 12.4. The Kier molecular flexibility index (Phi) is 9.68. The van der Waals surface area contributed by atoms with Crippen LogP contribution in [0.2, 0.25) is 0 Å². The van der Waals surface area contributed by atoms with E-state index in [4.69, 9.17) is 15.2 Å². The molecule has 5 nitrogen and oxygen atoms in total. The molecule has 0 heterocycles. The Labute approximate surface area is 167 Å². The molecule has 0 bridgehead atoms. The van der Waals surface area contributed by atoms with Gasteiger partial charge in [-0.3, -0.25) is 4.79 Å². The van der Waals surface area contributed by atoms with Crippen molar-refractivity contribution in [2.75, 3.05) is 13.2 Å². The molecule has 0 aliphatic rings. The van der Waals surface area contributed by atoms with Gasteiger partial charge in [-0.05, 0) is 50.5 Å². The zero-order valence-corrected chi connectivity index (χ0v) is 16.9. The number of carbonyl (C=O) groups is 1. The van der Waals surface area contributed by atoms with Gasteiger partial charge in [-0.2, -0.15) is 0 Å².